The number of benzene rings is 1. The van der Waals surface area contributed by atoms with Crippen LogP contribution in [0.25, 0.3) is 5.57 Å². The normalized spacial score (nSPS) is 20.9. The molecule has 0 heterocycles. The number of hydrogen-bond acceptors (Lipinski definition) is 6. The minimum absolute atomic E-state index is 0.194. The molecule has 0 radical (unpaired) electrons. The van der Waals surface area contributed by atoms with E-state index >= 15 is 0 Å². The summed E-state index contributed by atoms with van der Waals surface area (Å²) >= 11 is 0. The number of aryl methyl sites for hydroxylation is 1. The molecule has 0 aromatic heterocycles. The van der Waals surface area contributed by atoms with Crippen molar-refractivity contribution in [1.82, 2.24) is 0 Å². The van der Waals surface area contributed by atoms with E-state index in [4.69, 9.17) is 18.1 Å². The molecule has 6 nitrogen and oxygen atoms in total. The molecule has 0 fully saturated rings. The third-order valence-corrected chi connectivity index (χ3v) is 12.8. The topological polar surface area (TPSA) is 71.1 Å². The molecular formula is C22H34O6P2. The van der Waals surface area contributed by atoms with E-state index in [1.165, 1.54) is 5.56 Å². The maximum atomic E-state index is 14.4. The van der Waals surface area contributed by atoms with Crippen LogP contribution in [0.5, 0.6) is 0 Å². The Kier molecular flexibility index (Phi) is 7.82. The lowest BCUT2D eigenvalue weighted by Gasteiger charge is -2.50. The molecule has 0 bridgehead atoms. The molecular weight excluding hydrogens is 422 g/mol. The summed E-state index contributed by atoms with van der Waals surface area (Å²) in [5.41, 5.74) is 3.43. The fraction of sp³-hybridized carbons (Fsp3) is 0.636. The van der Waals surface area contributed by atoms with E-state index in [1.807, 2.05) is 12.1 Å². The molecule has 0 aliphatic heterocycles. The van der Waals surface area contributed by atoms with Crippen LogP contribution >= 0.6 is 15.2 Å². The van der Waals surface area contributed by atoms with E-state index in [1.54, 1.807) is 27.7 Å². The van der Waals surface area contributed by atoms with E-state index in [2.05, 4.69) is 18.2 Å². The van der Waals surface area contributed by atoms with Gasteiger partial charge in [-0.2, -0.15) is 0 Å². The van der Waals surface area contributed by atoms with Crippen molar-refractivity contribution in [2.45, 2.75) is 58.3 Å². The van der Waals surface area contributed by atoms with Gasteiger partial charge in [0.15, 0.2) is 4.90 Å². The first kappa shape index (κ1) is 23.9. The van der Waals surface area contributed by atoms with Gasteiger partial charge >= 0.3 is 15.2 Å². The molecule has 8 heteroatoms. The summed E-state index contributed by atoms with van der Waals surface area (Å²) in [6, 6.07) is 8.25. The maximum Gasteiger partial charge on any atom is 0.349 e. The van der Waals surface area contributed by atoms with Gasteiger partial charge in [-0.3, -0.25) is 9.13 Å². The molecule has 3 rings (SSSR count). The Balaban J connectivity index is 2.27. The van der Waals surface area contributed by atoms with E-state index in [9.17, 15) is 9.13 Å². The zero-order valence-electron chi connectivity index (χ0n) is 18.5. The van der Waals surface area contributed by atoms with E-state index in [0.717, 1.165) is 17.6 Å². The van der Waals surface area contributed by atoms with Crippen molar-refractivity contribution >= 4 is 20.8 Å². The summed E-state index contributed by atoms with van der Waals surface area (Å²) in [6.07, 6.45) is 4.66. The van der Waals surface area contributed by atoms with Gasteiger partial charge in [0, 0.05) is 5.92 Å². The van der Waals surface area contributed by atoms with Crippen LogP contribution in [0.3, 0.4) is 0 Å². The molecule has 1 atom stereocenters. The highest BCUT2D eigenvalue weighted by Gasteiger charge is 2.70. The lowest BCUT2D eigenvalue weighted by atomic mass is 9.74. The second-order valence-electron chi connectivity index (χ2n) is 7.49. The first-order valence-corrected chi connectivity index (χ1v) is 14.1. The minimum Gasteiger partial charge on any atom is -0.308 e. The van der Waals surface area contributed by atoms with Crippen LogP contribution in [0.1, 0.15) is 58.1 Å². The summed E-state index contributed by atoms with van der Waals surface area (Å²) in [7, 11) is -7.72. The lowest BCUT2D eigenvalue weighted by molar-refractivity contribution is 0.161. The summed E-state index contributed by atoms with van der Waals surface area (Å²) in [4.78, 5) is -1.37. The Bertz CT molecular complexity index is 815. The molecule has 1 aromatic carbocycles. The highest BCUT2D eigenvalue weighted by Crippen LogP contribution is 2.84. The molecule has 2 aliphatic rings. The van der Waals surface area contributed by atoms with E-state index in [0.29, 0.717) is 19.3 Å². The molecule has 1 aromatic rings. The third kappa shape index (κ3) is 3.81. The number of fused-ring (bicyclic) bond motifs is 3. The zero-order chi connectivity index (χ0) is 21.8. The monoisotopic (exact) mass is 456 g/mol. The van der Waals surface area contributed by atoms with Crippen LogP contribution in [0.4, 0.5) is 0 Å². The van der Waals surface area contributed by atoms with Gasteiger partial charge in [0.05, 0.1) is 26.4 Å². The van der Waals surface area contributed by atoms with Gasteiger partial charge in [0.2, 0.25) is 0 Å². The standard InChI is InChI=1S/C22H34O6P2/c1-5-25-29(23,26-6-2)22(30(24,27-7-3)28-8-4)17-11-14-20-19-13-10-9-12-18(19)15-16-21(20)22/h9-10,12-14,21H,5-8,11,15-17H2,1-4H3. The number of hydrogen-bond donors (Lipinski definition) is 0. The summed E-state index contributed by atoms with van der Waals surface area (Å²) in [6.45, 7) is 7.89. The predicted octanol–water partition coefficient (Wildman–Crippen LogP) is 6.65. The van der Waals surface area contributed by atoms with Gasteiger partial charge in [-0.25, -0.2) is 0 Å². The summed E-state index contributed by atoms with van der Waals surface area (Å²) < 4.78 is 52.3. The van der Waals surface area contributed by atoms with Gasteiger partial charge in [-0.1, -0.05) is 30.3 Å². The average molecular weight is 456 g/mol. The summed E-state index contributed by atoms with van der Waals surface area (Å²) in [5, 5.41) is 0. The number of rotatable bonds is 10. The molecule has 0 spiro atoms. The van der Waals surface area contributed by atoms with Crippen LogP contribution in [-0.4, -0.2) is 31.3 Å². The average Bonchev–Trinajstić information content (AvgIpc) is 2.73. The van der Waals surface area contributed by atoms with Crippen LogP contribution in [0, 0.1) is 5.92 Å². The lowest BCUT2D eigenvalue weighted by Crippen LogP contribution is -2.44. The maximum absolute atomic E-state index is 14.4. The van der Waals surface area contributed by atoms with E-state index < -0.39 is 20.1 Å². The fourth-order valence-corrected chi connectivity index (χ4v) is 11.4. The van der Waals surface area contributed by atoms with Crippen LogP contribution < -0.4 is 0 Å². The quantitative estimate of drug-likeness (QED) is 0.367. The minimum atomic E-state index is -3.86. The van der Waals surface area contributed by atoms with Gasteiger partial charge in [-0.05, 0) is 70.1 Å². The molecule has 0 N–H and O–H groups in total. The molecule has 0 amide bonds. The van der Waals surface area contributed by atoms with Crippen LogP contribution in [0.15, 0.2) is 30.3 Å². The Morgan fingerprint density at radius 2 is 1.43 bits per heavy atom. The van der Waals surface area contributed by atoms with Gasteiger partial charge in [0.25, 0.3) is 0 Å². The smallest absolute Gasteiger partial charge is 0.308 e. The fourth-order valence-electron chi connectivity index (χ4n) is 5.02. The van der Waals surface area contributed by atoms with E-state index in [-0.39, 0.29) is 32.3 Å². The van der Waals surface area contributed by atoms with Gasteiger partial charge in [0.1, 0.15) is 0 Å². The van der Waals surface area contributed by atoms with Gasteiger partial charge in [-0.15, -0.1) is 0 Å². The highest BCUT2D eigenvalue weighted by molar-refractivity contribution is 7.74. The second kappa shape index (κ2) is 9.81. The van der Waals surface area contributed by atoms with Crippen molar-refractivity contribution in [2.24, 2.45) is 5.92 Å². The molecule has 0 saturated carbocycles. The van der Waals surface area contributed by atoms with Crippen molar-refractivity contribution < 1.29 is 27.2 Å². The molecule has 1 unspecified atom stereocenters. The Morgan fingerprint density at radius 1 is 0.900 bits per heavy atom. The van der Waals surface area contributed by atoms with Crippen molar-refractivity contribution in [1.29, 1.82) is 0 Å². The molecule has 30 heavy (non-hydrogen) atoms. The van der Waals surface area contributed by atoms with Gasteiger partial charge < -0.3 is 18.1 Å². The first-order valence-electron chi connectivity index (χ1n) is 11.0. The summed E-state index contributed by atoms with van der Waals surface area (Å²) in [5.74, 6) is -0.297. The third-order valence-electron chi connectivity index (χ3n) is 5.99. The first-order chi connectivity index (χ1) is 14.4. The van der Waals surface area contributed by atoms with Crippen LogP contribution in [-0.2, 0) is 33.6 Å². The molecule has 0 saturated heterocycles. The van der Waals surface area contributed by atoms with Crippen molar-refractivity contribution in [2.75, 3.05) is 26.4 Å². The zero-order valence-corrected chi connectivity index (χ0v) is 20.3. The molecule has 168 valence electrons. The molecule has 2 aliphatic carbocycles. The Labute approximate surface area is 180 Å². The largest absolute Gasteiger partial charge is 0.349 e. The van der Waals surface area contributed by atoms with Crippen molar-refractivity contribution in [3.05, 3.63) is 41.5 Å². The second-order valence-corrected chi connectivity index (χ2v) is 12.5. The highest BCUT2D eigenvalue weighted by atomic mass is 31.2. The van der Waals surface area contributed by atoms with Crippen LogP contribution in [0.2, 0.25) is 0 Å². The number of allylic oxidation sites excluding steroid dienone is 2. The Morgan fingerprint density at radius 3 is 1.97 bits per heavy atom. The van der Waals surface area contributed by atoms with Crippen molar-refractivity contribution in [3.63, 3.8) is 0 Å². The van der Waals surface area contributed by atoms with Crippen molar-refractivity contribution in [3.8, 4) is 0 Å². The predicted molar refractivity (Wildman–Crippen MR) is 120 cm³/mol. The Hall–Kier alpha value is -0.740. The SMILES string of the molecule is CCOP(=O)(OCC)C1(P(=O)(OCC)OCC)CCC=C2c3ccccc3CCC21.